The second kappa shape index (κ2) is 5.38. The smallest absolute Gasteiger partial charge is 0.215 e. The summed E-state index contributed by atoms with van der Waals surface area (Å²) in [4.78, 5) is 7.41. The number of pyridine rings is 1. The van der Waals surface area contributed by atoms with Crippen LogP contribution in [0.5, 0.6) is 5.88 Å². The lowest BCUT2D eigenvalue weighted by Crippen LogP contribution is -1.91. The van der Waals surface area contributed by atoms with Crippen molar-refractivity contribution in [3.05, 3.63) is 51.4 Å². The molecule has 1 heterocycles. The molecule has 0 aliphatic rings. The predicted molar refractivity (Wildman–Crippen MR) is 75.2 cm³/mol. The summed E-state index contributed by atoms with van der Waals surface area (Å²) < 4.78 is 5.80. The Labute approximate surface area is 118 Å². The number of ether oxygens (including phenoxy) is 1. The van der Waals surface area contributed by atoms with E-state index in [1.54, 1.807) is 25.3 Å². The van der Waals surface area contributed by atoms with Crippen molar-refractivity contribution in [3.8, 4) is 17.0 Å². The standard InChI is InChI=1S/C13H8BrClN2O/c1-16-9-5-3-8(4-6-9)10-7-11(18-2)17-13(15)12(10)14/h3-7H,2H3. The first-order valence-electron chi connectivity index (χ1n) is 5.03. The van der Waals surface area contributed by atoms with E-state index < -0.39 is 0 Å². The number of rotatable bonds is 2. The molecule has 0 spiro atoms. The first-order chi connectivity index (χ1) is 8.65. The van der Waals surface area contributed by atoms with Gasteiger partial charge in [0.1, 0.15) is 5.15 Å². The highest BCUT2D eigenvalue weighted by atomic mass is 79.9. The Bertz CT molecular complexity index is 620. The highest BCUT2D eigenvalue weighted by Gasteiger charge is 2.11. The average molecular weight is 324 g/mol. The molecule has 0 radical (unpaired) electrons. The SMILES string of the molecule is [C-]#[N+]c1ccc(-c2cc(OC)nc(Cl)c2Br)cc1. The maximum absolute atomic E-state index is 6.92. The third-order valence-corrected chi connectivity index (χ3v) is 3.71. The normalized spacial score (nSPS) is 9.89. The molecule has 2 rings (SSSR count). The van der Waals surface area contributed by atoms with E-state index in [1.165, 1.54) is 0 Å². The van der Waals surface area contributed by atoms with Crippen LogP contribution in [0.2, 0.25) is 5.15 Å². The summed E-state index contributed by atoms with van der Waals surface area (Å²) in [6, 6.07) is 9.04. The molecule has 2 aromatic rings. The first-order valence-corrected chi connectivity index (χ1v) is 6.20. The number of halogens is 2. The largest absolute Gasteiger partial charge is 0.481 e. The molecule has 0 unspecified atom stereocenters. The number of nitrogens with zero attached hydrogens (tertiary/aromatic N) is 2. The van der Waals surface area contributed by atoms with Crippen molar-refractivity contribution in [2.24, 2.45) is 0 Å². The van der Waals surface area contributed by atoms with Crippen LogP contribution in [0.15, 0.2) is 34.8 Å². The fourth-order valence-electron chi connectivity index (χ4n) is 1.51. The Morgan fingerprint density at radius 1 is 1.33 bits per heavy atom. The van der Waals surface area contributed by atoms with E-state index in [1.807, 2.05) is 12.1 Å². The van der Waals surface area contributed by atoms with Crippen LogP contribution in [-0.2, 0) is 0 Å². The molecule has 0 fully saturated rings. The van der Waals surface area contributed by atoms with Crippen molar-refractivity contribution in [3.63, 3.8) is 0 Å². The maximum atomic E-state index is 6.92. The molecule has 0 amide bonds. The molecule has 0 saturated heterocycles. The van der Waals surface area contributed by atoms with E-state index in [9.17, 15) is 0 Å². The zero-order valence-corrected chi connectivity index (χ0v) is 11.8. The summed E-state index contributed by atoms with van der Waals surface area (Å²) in [6.45, 7) is 6.92. The first kappa shape index (κ1) is 12.9. The van der Waals surface area contributed by atoms with Crippen molar-refractivity contribution in [2.75, 3.05) is 7.11 Å². The van der Waals surface area contributed by atoms with Gasteiger partial charge < -0.3 is 4.74 Å². The number of hydrogen-bond donors (Lipinski definition) is 0. The van der Waals surface area contributed by atoms with Gasteiger partial charge in [-0.25, -0.2) is 9.83 Å². The van der Waals surface area contributed by atoms with E-state index in [0.29, 0.717) is 21.2 Å². The molecule has 0 aliphatic carbocycles. The Balaban J connectivity index is 2.55. The van der Waals surface area contributed by atoms with Crippen LogP contribution >= 0.6 is 27.5 Å². The van der Waals surface area contributed by atoms with Gasteiger partial charge in [-0.1, -0.05) is 35.9 Å². The second-order valence-electron chi connectivity index (χ2n) is 3.48. The highest BCUT2D eigenvalue weighted by molar-refractivity contribution is 9.10. The van der Waals surface area contributed by atoms with Gasteiger partial charge in [0.2, 0.25) is 5.88 Å². The quantitative estimate of drug-likeness (QED) is 0.590. The van der Waals surface area contributed by atoms with E-state index in [4.69, 9.17) is 22.9 Å². The van der Waals surface area contributed by atoms with Crippen LogP contribution in [0.1, 0.15) is 0 Å². The number of aromatic nitrogens is 1. The van der Waals surface area contributed by atoms with Gasteiger partial charge in [0, 0.05) is 11.6 Å². The van der Waals surface area contributed by atoms with Crippen LogP contribution in [0, 0.1) is 6.57 Å². The number of hydrogen-bond acceptors (Lipinski definition) is 2. The molecule has 5 heteroatoms. The average Bonchev–Trinajstić information content (AvgIpc) is 2.42. The third-order valence-electron chi connectivity index (χ3n) is 2.41. The van der Waals surface area contributed by atoms with Crippen LogP contribution in [0.4, 0.5) is 5.69 Å². The van der Waals surface area contributed by atoms with Gasteiger partial charge in [0.05, 0.1) is 18.2 Å². The molecule has 1 aromatic carbocycles. The Morgan fingerprint density at radius 2 is 2.00 bits per heavy atom. The summed E-state index contributed by atoms with van der Waals surface area (Å²) in [7, 11) is 1.54. The van der Waals surface area contributed by atoms with Gasteiger partial charge in [0.15, 0.2) is 5.69 Å². The summed E-state index contributed by atoms with van der Waals surface area (Å²) in [6.07, 6.45) is 0. The van der Waals surface area contributed by atoms with E-state index in [0.717, 1.165) is 11.1 Å². The van der Waals surface area contributed by atoms with Crippen LogP contribution in [0.25, 0.3) is 16.0 Å². The zero-order valence-electron chi connectivity index (χ0n) is 9.45. The molecule has 90 valence electrons. The van der Waals surface area contributed by atoms with Crippen molar-refractivity contribution in [2.45, 2.75) is 0 Å². The van der Waals surface area contributed by atoms with Gasteiger partial charge in [0.25, 0.3) is 0 Å². The Morgan fingerprint density at radius 3 is 2.56 bits per heavy atom. The van der Waals surface area contributed by atoms with Crippen molar-refractivity contribution in [1.29, 1.82) is 0 Å². The molecule has 0 bridgehead atoms. The molecular weight excluding hydrogens is 316 g/mol. The van der Waals surface area contributed by atoms with Crippen molar-refractivity contribution in [1.82, 2.24) is 4.98 Å². The Kier molecular flexibility index (Phi) is 3.85. The summed E-state index contributed by atoms with van der Waals surface area (Å²) in [5.41, 5.74) is 2.42. The summed E-state index contributed by atoms with van der Waals surface area (Å²) >= 11 is 9.43. The lowest BCUT2D eigenvalue weighted by Gasteiger charge is -2.08. The fraction of sp³-hybridized carbons (Fsp3) is 0.0769. The van der Waals surface area contributed by atoms with Crippen molar-refractivity contribution >= 4 is 33.2 Å². The lowest BCUT2D eigenvalue weighted by atomic mass is 10.1. The van der Waals surface area contributed by atoms with Gasteiger partial charge in [-0.15, -0.1) is 0 Å². The van der Waals surface area contributed by atoms with Gasteiger partial charge in [-0.3, -0.25) is 0 Å². The van der Waals surface area contributed by atoms with Gasteiger partial charge >= 0.3 is 0 Å². The lowest BCUT2D eigenvalue weighted by molar-refractivity contribution is 0.398. The number of benzene rings is 1. The molecule has 0 N–H and O–H groups in total. The van der Waals surface area contributed by atoms with Crippen LogP contribution in [-0.4, -0.2) is 12.1 Å². The molecule has 18 heavy (non-hydrogen) atoms. The maximum Gasteiger partial charge on any atom is 0.215 e. The topological polar surface area (TPSA) is 26.5 Å². The third kappa shape index (κ3) is 2.47. The molecular formula is C13H8BrClN2O. The second-order valence-corrected chi connectivity index (χ2v) is 4.63. The molecule has 0 aliphatic heterocycles. The monoisotopic (exact) mass is 322 g/mol. The van der Waals surface area contributed by atoms with Crippen molar-refractivity contribution < 1.29 is 4.74 Å². The minimum absolute atomic E-state index is 0.346. The molecule has 0 saturated carbocycles. The van der Waals surface area contributed by atoms with Gasteiger partial charge in [-0.05, 0) is 21.5 Å². The van der Waals surface area contributed by atoms with E-state index >= 15 is 0 Å². The predicted octanol–water partition coefficient (Wildman–Crippen LogP) is 4.72. The molecule has 3 nitrogen and oxygen atoms in total. The molecule has 0 atom stereocenters. The van der Waals surface area contributed by atoms with Crippen LogP contribution in [0.3, 0.4) is 0 Å². The zero-order chi connectivity index (χ0) is 13.1. The van der Waals surface area contributed by atoms with Gasteiger partial charge in [-0.2, -0.15) is 0 Å². The highest BCUT2D eigenvalue weighted by Crippen LogP contribution is 2.35. The van der Waals surface area contributed by atoms with Crippen LogP contribution < -0.4 is 4.74 Å². The molecule has 1 aromatic heterocycles. The van der Waals surface area contributed by atoms with E-state index in [2.05, 4.69) is 25.8 Å². The van der Waals surface area contributed by atoms with E-state index in [-0.39, 0.29) is 0 Å². The minimum atomic E-state index is 0.346. The summed E-state index contributed by atoms with van der Waals surface area (Å²) in [5.74, 6) is 0.451. The fourth-order valence-corrected chi connectivity index (χ4v) is 2.12. The Hall–Kier alpha value is -1.57. The minimum Gasteiger partial charge on any atom is -0.481 e. The number of methoxy groups -OCH3 is 1. The summed E-state index contributed by atoms with van der Waals surface area (Å²) in [5, 5.41) is 0.346.